The van der Waals surface area contributed by atoms with Crippen LogP contribution in [0.1, 0.15) is 44.9 Å². The second kappa shape index (κ2) is 4.60. The molecule has 0 heterocycles. The van der Waals surface area contributed by atoms with Crippen LogP contribution in [-0.2, 0) is 4.79 Å². The summed E-state index contributed by atoms with van der Waals surface area (Å²) in [5.41, 5.74) is 2.21. The summed E-state index contributed by atoms with van der Waals surface area (Å²) in [6.07, 6.45) is 3.37. The molecule has 0 fully saturated rings. The van der Waals surface area contributed by atoms with Crippen molar-refractivity contribution >= 4 is 17.3 Å². The molecular formula is C17H14O4. The first-order chi connectivity index (χ1) is 9.91. The molecule has 0 saturated carbocycles. The Morgan fingerprint density at radius 3 is 2.62 bits per heavy atom. The van der Waals surface area contributed by atoms with Crippen LogP contribution in [0.2, 0.25) is 0 Å². The number of carbonyl (C=O) groups excluding carboxylic acids is 3. The van der Waals surface area contributed by atoms with Crippen molar-refractivity contribution in [3.8, 4) is 0 Å². The van der Waals surface area contributed by atoms with E-state index in [0.717, 1.165) is 0 Å². The highest BCUT2D eigenvalue weighted by molar-refractivity contribution is 6.17. The molecule has 0 radical (unpaired) electrons. The average molecular weight is 282 g/mol. The van der Waals surface area contributed by atoms with Crippen LogP contribution in [0.25, 0.3) is 0 Å². The predicted molar refractivity (Wildman–Crippen MR) is 76.2 cm³/mol. The normalized spacial score (nSPS) is 23.5. The van der Waals surface area contributed by atoms with E-state index in [0.29, 0.717) is 27.8 Å². The summed E-state index contributed by atoms with van der Waals surface area (Å²) >= 11 is 0. The summed E-state index contributed by atoms with van der Waals surface area (Å²) in [4.78, 5) is 36.1. The van der Waals surface area contributed by atoms with Crippen LogP contribution in [0, 0.1) is 12.8 Å². The third kappa shape index (κ3) is 1.91. The average Bonchev–Trinajstić information content (AvgIpc) is 2.43. The van der Waals surface area contributed by atoms with Crippen LogP contribution in [-0.4, -0.2) is 22.5 Å². The first-order valence-corrected chi connectivity index (χ1v) is 6.72. The van der Waals surface area contributed by atoms with Crippen LogP contribution < -0.4 is 0 Å². The SMILES string of the molecule is CC(=O)c1cc2c(cc1C)C(=O)C1=CC=CC(=O)[C@H]1[C@H]2O. The van der Waals surface area contributed by atoms with Crippen molar-refractivity contribution in [3.63, 3.8) is 0 Å². The van der Waals surface area contributed by atoms with Gasteiger partial charge in [0, 0.05) is 16.7 Å². The Bertz CT molecular complexity index is 752. The van der Waals surface area contributed by atoms with Gasteiger partial charge in [0.2, 0.25) is 0 Å². The van der Waals surface area contributed by atoms with Gasteiger partial charge in [0.15, 0.2) is 17.3 Å². The van der Waals surface area contributed by atoms with E-state index in [4.69, 9.17) is 0 Å². The number of fused-ring (bicyclic) bond motifs is 2. The molecule has 0 bridgehead atoms. The van der Waals surface area contributed by atoms with Crippen LogP contribution in [0.3, 0.4) is 0 Å². The Balaban J connectivity index is 2.25. The number of allylic oxidation sites excluding steroid dienone is 3. The number of aryl methyl sites for hydroxylation is 1. The highest BCUT2D eigenvalue weighted by Crippen LogP contribution is 2.40. The fraction of sp³-hybridized carbons (Fsp3) is 0.235. The van der Waals surface area contributed by atoms with Gasteiger partial charge in [-0.3, -0.25) is 14.4 Å². The summed E-state index contributed by atoms with van der Waals surface area (Å²) in [5.74, 6) is -1.54. The third-order valence-corrected chi connectivity index (χ3v) is 4.09. The van der Waals surface area contributed by atoms with Crippen molar-refractivity contribution < 1.29 is 19.5 Å². The van der Waals surface area contributed by atoms with Gasteiger partial charge in [0.1, 0.15) is 0 Å². The molecule has 1 aromatic rings. The number of aliphatic hydroxyl groups excluding tert-OH is 1. The van der Waals surface area contributed by atoms with E-state index in [1.54, 1.807) is 19.1 Å². The molecule has 4 heteroatoms. The van der Waals surface area contributed by atoms with Crippen molar-refractivity contribution in [2.75, 3.05) is 0 Å². The van der Waals surface area contributed by atoms with Crippen molar-refractivity contribution in [3.05, 3.63) is 58.2 Å². The first-order valence-electron chi connectivity index (χ1n) is 6.72. The van der Waals surface area contributed by atoms with Crippen LogP contribution in [0.5, 0.6) is 0 Å². The zero-order valence-corrected chi connectivity index (χ0v) is 11.7. The van der Waals surface area contributed by atoms with E-state index in [9.17, 15) is 19.5 Å². The number of hydrogen-bond donors (Lipinski definition) is 1. The highest BCUT2D eigenvalue weighted by atomic mass is 16.3. The topological polar surface area (TPSA) is 71.4 Å². The van der Waals surface area contributed by atoms with E-state index < -0.39 is 12.0 Å². The summed E-state index contributed by atoms with van der Waals surface area (Å²) in [5, 5.41) is 10.5. The monoisotopic (exact) mass is 282 g/mol. The lowest BCUT2D eigenvalue weighted by atomic mass is 9.72. The van der Waals surface area contributed by atoms with Crippen LogP contribution in [0.4, 0.5) is 0 Å². The Morgan fingerprint density at radius 1 is 1.24 bits per heavy atom. The fourth-order valence-electron chi connectivity index (χ4n) is 3.03. The van der Waals surface area contributed by atoms with E-state index in [2.05, 4.69) is 0 Å². The minimum atomic E-state index is -1.10. The minimum Gasteiger partial charge on any atom is -0.387 e. The molecule has 1 N–H and O–H groups in total. The molecule has 0 unspecified atom stereocenters. The molecule has 0 spiro atoms. The standard InChI is InChI=1S/C17H14O4/c1-8-6-12-13(7-11(8)9(2)18)17(21)15-10(16(12)20)4-3-5-14(15)19/h3-7,15,17,21H,1-2H3/t15-,17-/m0/s1. The maximum atomic E-state index is 12.5. The van der Waals surface area contributed by atoms with E-state index >= 15 is 0 Å². The van der Waals surface area contributed by atoms with E-state index in [1.807, 2.05) is 0 Å². The van der Waals surface area contributed by atoms with Crippen molar-refractivity contribution in [2.45, 2.75) is 20.0 Å². The molecular weight excluding hydrogens is 268 g/mol. The number of ketones is 3. The highest BCUT2D eigenvalue weighted by Gasteiger charge is 2.41. The fourth-order valence-corrected chi connectivity index (χ4v) is 3.03. The lowest BCUT2D eigenvalue weighted by Gasteiger charge is -2.31. The maximum absolute atomic E-state index is 12.5. The molecule has 4 nitrogen and oxygen atoms in total. The molecule has 0 aromatic heterocycles. The van der Waals surface area contributed by atoms with Gasteiger partial charge in [0.05, 0.1) is 12.0 Å². The van der Waals surface area contributed by atoms with Crippen LogP contribution >= 0.6 is 0 Å². The van der Waals surface area contributed by atoms with Gasteiger partial charge >= 0.3 is 0 Å². The Kier molecular flexibility index (Phi) is 2.99. The lowest BCUT2D eigenvalue weighted by Crippen LogP contribution is -2.34. The smallest absolute Gasteiger partial charge is 0.190 e. The van der Waals surface area contributed by atoms with Crippen molar-refractivity contribution in [1.82, 2.24) is 0 Å². The Morgan fingerprint density at radius 2 is 1.95 bits per heavy atom. The van der Waals surface area contributed by atoms with Crippen molar-refractivity contribution in [1.29, 1.82) is 0 Å². The second-order valence-corrected chi connectivity index (χ2v) is 5.45. The summed E-state index contributed by atoms with van der Waals surface area (Å²) in [6, 6.07) is 3.16. The molecule has 1 aromatic carbocycles. The van der Waals surface area contributed by atoms with Crippen molar-refractivity contribution in [2.24, 2.45) is 5.92 Å². The zero-order chi connectivity index (χ0) is 15.3. The summed E-state index contributed by atoms with van der Waals surface area (Å²) < 4.78 is 0. The van der Waals surface area contributed by atoms with Gasteiger partial charge in [-0.25, -0.2) is 0 Å². The third-order valence-electron chi connectivity index (χ3n) is 4.09. The summed E-state index contributed by atoms with van der Waals surface area (Å²) in [7, 11) is 0. The molecule has 0 saturated heterocycles. The van der Waals surface area contributed by atoms with Gasteiger partial charge in [-0.15, -0.1) is 0 Å². The number of carbonyl (C=O) groups is 3. The van der Waals surface area contributed by atoms with Gasteiger partial charge in [-0.2, -0.15) is 0 Å². The number of aliphatic hydroxyl groups is 1. The first kappa shape index (κ1) is 13.6. The lowest BCUT2D eigenvalue weighted by molar-refractivity contribution is -0.120. The zero-order valence-electron chi connectivity index (χ0n) is 11.7. The molecule has 106 valence electrons. The Labute approximate surface area is 121 Å². The molecule has 2 atom stereocenters. The quantitative estimate of drug-likeness (QED) is 0.801. The minimum absolute atomic E-state index is 0.133. The van der Waals surface area contributed by atoms with E-state index in [1.165, 1.54) is 25.1 Å². The second-order valence-electron chi connectivity index (χ2n) is 5.45. The molecule has 3 rings (SSSR count). The molecule has 21 heavy (non-hydrogen) atoms. The van der Waals surface area contributed by atoms with Gasteiger partial charge in [-0.1, -0.05) is 12.2 Å². The molecule has 0 aliphatic heterocycles. The molecule has 0 amide bonds. The summed E-state index contributed by atoms with van der Waals surface area (Å²) in [6.45, 7) is 3.19. The number of Topliss-reactive ketones (excluding diaryl/α,β-unsaturated/α-hetero) is 2. The molecule has 2 aliphatic carbocycles. The largest absolute Gasteiger partial charge is 0.387 e. The van der Waals surface area contributed by atoms with Gasteiger partial charge in [0.25, 0.3) is 0 Å². The van der Waals surface area contributed by atoms with Gasteiger partial charge < -0.3 is 5.11 Å². The van der Waals surface area contributed by atoms with Crippen LogP contribution in [0.15, 0.2) is 35.9 Å². The number of rotatable bonds is 1. The Hall–Kier alpha value is -2.33. The predicted octanol–water partition coefficient (Wildman–Crippen LogP) is 2.11. The molecule has 2 aliphatic rings. The number of benzene rings is 1. The number of hydrogen-bond acceptors (Lipinski definition) is 4. The van der Waals surface area contributed by atoms with E-state index in [-0.39, 0.29) is 17.3 Å². The van der Waals surface area contributed by atoms with Gasteiger partial charge in [-0.05, 0) is 43.2 Å². The maximum Gasteiger partial charge on any atom is 0.190 e.